The molecule has 1 amide bonds. The molecule has 1 unspecified atom stereocenters. The van der Waals surface area contributed by atoms with Crippen LogP contribution in [0.4, 0.5) is 0 Å². The van der Waals surface area contributed by atoms with E-state index >= 15 is 0 Å². The van der Waals surface area contributed by atoms with Gasteiger partial charge in [0, 0.05) is 29.2 Å². The Bertz CT molecular complexity index is 439. The van der Waals surface area contributed by atoms with Crippen molar-refractivity contribution < 1.29 is 4.79 Å². The number of likely N-dealkylation sites (tertiary alicyclic amines) is 1. The van der Waals surface area contributed by atoms with Gasteiger partial charge in [0.2, 0.25) is 0 Å². The predicted molar refractivity (Wildman–Crippen MR) is 79.2 cm³/mol. The maximum Gasteiger partial charge on any atom is 0.253 e. The van der Waals surface area contributed by atoms with Crippen LogP contribution in [0.15, 0.2) is 22.7 Å². The molecule has 1 atom stereocenters. The van der Waals surface area contributed by atoms with E-state index in [-0.39, 0.29) is 24.4 Å². The van der Waals surface area contributed by atoms with Gasteiger partial charge in [0.1, 0.15) is 0 Å². The van der Waals surface area contributed by atoms with E-state index in [0.29, 0.717) is 6.54 Å². The smallest absolute Gasteiger partial charge is 0.253 e. The molecule has 100 valence electrons. The first-order valence-corrected chi connectivity index (χ1v) is 6.68. The van der Waals surface area contributed by atoms with Gasteiger partial charge in [-0.05, 0) is 37.5 Å². The summed E-state index contributed by atoms with van der Waals surface area (Å²) >= 11 is 3.45. The van der Waals surface area contributed by atoms with Crippen LogP contribution in [0, 0.1) is 6.92 Å². The van der Waals surface area contributed by atoms with Gasteiger partial charge in [-0.25, -0.2) is 0 Å². The van der Waals surface area contributed by atoms with E-state index in [2.05, 4.69) is 15.9 Å². The van der Waals surface area contributed by atoms with Crippen molar-refractivity contribution in [1.29, 1.82) is 0 Å². The molecule has 2 N–H and O–H groups in total. The predicted octanol–water partition coefficient (Wildman–Crippen LogP) is 2.74. The molecule has 2 rings (SSSR count). The Kier molecular flexibility index (Phi) is 5.63. The van der Waals surface area contributed by atoms with E-state index in [0.717, 1.165) is 35.0 Å². The molecule has 1 aliphatic heterocycles. The number of hydrogen-bond acceptors (Lipinski definition) is 2. The second-order valence-corrected chi connectivity index (χ2v) is 5.47. The molecular weight excluding hydrogens is 316 g/mol. The van der Waals surface area contributed by atoms with Crippen molar-refractivity contribution in [3.8, 4) is 0 Å². The number of rotatable bonds is 1. The number of nitrogens with two attached hydrogens (primary N) is 1. The molecule has 1 aromatic carbocycles. The highest BCUT2D eigenvalue weighted by molar-refractivity contribution is 9.10. The van der Waals surface area contributed by atoms with Crippen LogP contribution in [0.5, 0.6) is 0 Å². The summed E-state index contributed by atoms with van der Waals surface area (Å²) in [6, 6.07) is 5.85. The molecule has 0 aromatic heterocycles. The van der Waals surface area contributed by atoms with Crippen LogP contribution in [0.3, 0.4) is 0 Å². The maximum atomic E-state index is 12.3. The number of amides is 1. The van der Waals surface area contributed by atoms with Crippen LogP contribution in [-0.2, 0) is 0 Å². The number of piperidine rings is 1. The summed E-state index contributed by atoms with van der Waals surface area (Å²) in [5.41, 5.74) is 7.76. The Morgan fingerprint density at radius 3 is 2.83 bits per heavy atom. The fourth-order valence-electron chi connectivity index (χ4n) is 2.10. The first-order valence-electron chi connectivity index (χ1n) is 5.89. The molecule has 0 spiro atoms. The average Bonchev–Trinajstić information content (AvgIpc) is 2.32. The van der Waals surface area contributed by atoms with E-state index in [1.807, 2.05) is 30.0 Å². The normalized spacial score (nSPS) is 19.3. The van der Waals surface area contributed by atoms with Crippen molar-refractivity contribution in [1.82, 2.24) is 4.90 Å². The maximum absolute atomic E-state index is 12.3. The van der Waals surface area contributed by atoms with Crippen LogP contribution in [0.2, 0.25) is 0 Å². The standard InChI is InChI=1S/C13H17BrN2O.ClH/c1-9-4-5-10(7-12(9)14)13(17)16-6-2-3-11(15)8-16;/h4-5,7,11H,2-3,6,8,15H2,1H3;1H. The molecule has 0 radical (unpaired) electrons. The van der Waals surface area contributed by atoms with Crippen molar-refractivity contribution in [2.75, 3.05) is 13.1 Å². The Morgan fingerprint density at radius 2 is 2.22 bits per heavy atom. The molecule has 1 heterocycles. The Labute approximate surface area is 122 Å². The summed E-state index contributed by atoms with van der Waals surface area (Å²) in [7, 11) is 0. The van der Waals surface area contributed by atoms with Gasteiger partial charge in [-0.2, -0.15) is 0 Å². The van der Waals surface area contributed by atoms with Crippen molar-refractivity contribution in [3.63, 3.8) is 0 Å². The molecule has 0 aliphatic carbocycles. The Morgan fingerprint density at radius 1 is 1.50 bits per heavy atom. The lowest BCUT2D eigenvalue weighted by Crippen LogP contribution is -2.45. The number of nitrogens with zero attached hydrogens (tertiary/aromatic N) is 1. The summed E-state index contributed by atoms with van der Waals surface area (Å²) in [5, 5.41) is 0. The topological polar surface area (TPSA) is 46.3 Å². The van der Waals surface area contributed by atoms with Gasteiger partial charge < -0.3 is 10.6 Å². The quantitative estimate of drug-likeness (QED) is 0.859. The van der Waals surface area contributed by atoms with Crippen LogP contribution < -0.4 is 5.73 Å². The fourth-order valence-corrected chi connectivity index (χ4v) is 2.48. The molecule has 3 nitrogen and oxygen atoms in total. The number of aryl methyl sites for hydroxylation is 1. The number of halogens is 2. The van der Waals surface area contributed by atoms with E-state index in [4.69, 9.17) is 5.73 Å². The van der Waals surface area contributed by atoms with Crippen LogP contribution in [0.1, 0.15) is 28.8 Å². The van der Waals surface area contributed by atoms with Crippen molar-refractivity contribution in [3.05, 3.63) is 33.8 Å². The summed E-state index contributed by atoms with van der Waals surface area (Å²) < 4.78 is 0.977. The molecule has 5 heteroatoms. The number of carbonyl (C=O) groups excluding carboxylic acids is 1. The van der Waals surface area contributed by atoms with Gasteiger partial charge in [0.15, 0.2) is 0 Å². The molecule has 0 saturated carbocycles. The van der Waals surface area contributed by atoms with Gasteiger partial charge in [-0.15, -0.1) is 12.4 Å². The summed E-state index contributed by atoms with van der Waals surface area (Å²) in [5.74, 6) is 0.0841. The van der Waals surface area contributed by atoms with E-state index in [1.165, 1.54) is 0 Å². The third-order valence-electron chi connectivity index (χ3n) is 3.16. The third kappa shape index (κ3) is 3.46. The number of benzene rings is 1. The van der Waals surface area contributed by atoms with E-state index in [9.17, 15) is 4.79 Å². The minimum absolute atomic E-state index is 0. The first-order chi connectivity index (χ1) is 8.08. The number of hydrogen-bond donors (Lipinski definition) is 1. The van der Waals surface area contributed by atoms with Crippen LogP contribution in [-0.4, -0.2) is 29.9 Å². The van der Waals surface area contributed by atoms with Gasteiger partial charge in [0.05, 0.1) is 0 Å². The zero-order valence-corrected chi connectivity index (χ0v) is 12.8. The monoisotopic (exact) mass is 332 g/mol. The summed E-state index contributed by atoms with van der Waals surface area (Å²) in [4.78, 5) is 14.1. The van der Waals surface area contributed by atoms with Gasteiger partial charge in [-0.3, -0.25) is 4.79 Å². The second kappa shape index (κ2) is 6.55. The van der Waals surface area contributed by atoms with Gasteiger partial charge >= 0.3 is 0 Å². The molecule has 1 aromatic rings. The minimum Gasteiger partial charge on any atom is -0.337 e. The molecule has 18 heavy (non-hydrogen) atoms. The van der Waals surface area contributed by atoms with Crippen molar-refractivity contribution in [2.45, 2.75) is 25.8 Å². The SMILES string of the molecule is Cc1ccc(C(=O)N2CCCC(N)C2)cc1Br.Cl. The van der Waals surface area contributed by atoms with Gasteiger partial charge in [-0.1, -0.05) is 22.0 Å². The van der Waals surface area contributed by atoms with Crippen LogP contribution in [0.25, 0.3) is 0 Å². The lowest BCUT2D eigenvalue weighted by Gasteiger charge is -2.30. The Hall–Kier alpha value is -0.580. The highest BCUT2D eigenvalue weighted by Crippen LogP contribution is 2.20. The highest BCUT2D eigenvalue weighted by atomic mass is 79.9. The number of carbonyl (C=O) groups is 1. The van der Waals surface area contributed by atoms with E-state index in [1.54, 1.807) is 0 Å². The highest BCUT2D eigenvalue weighted by Gasteiger charge is 2.22. The Balaban J connectivity index is 0.00000162. The van der Waals surface area contributed by atoms with Crippen molar-refractivity contribution >= 4 is 34.2 Å². The van der Waals surface area contributed by atoms with E-state index < -0.39 is 0 Å². The average molecular weight is 334 g/mol. The fraction of sp³-hybridized carbons (Fsp3) is 0.462. The largest absolute Gasteiger partial charge is 0.337 e. The molecule has 1 aliphatic rings. The van der Waals surface area contributed by atoms with Gasteiger partial charge in [0.25, 0.3) is 5.91 Å². The summed E-state index contributed by atoms with van der Waals surface area (Å²) in [6.45, 7) is 3.50. The third-order valence-corrected chi connectivity index (χ3v) is 4.02. The lowest BCUT2D eigenvalue weighted by molar-refractivity contribution is 0.0709. The molecule has 0 bridgehead atoms. The zero-order chi connectivity index (χ0) is 12.4. The second-order valence-electron chi connectivity index (χ2n) is 4.62. The summed E-state index contributed by atoms with van der Waals surface area (Å²) in [6.07, 6.45) is 2.02. The van der Waals surface area contributed by atoms with Crippen LogP contribution >= 0.6 is 28.3 Å². The zero-order valence-electron chi connectivity index (χ0n) is 10.4. The molecule has 1 fully saturated rings. The molecule has 1 saturated heterocycles. The first kappa shape index (κ1) is 15.5. The van der Waals surface area contributed by atoms with Crippen molar-refractivity contribution in [2.24, 2.45) is 5.73 Å². The minimum atomic E-state index is 0. The lowest BCUT2D eigenvalue weighted by atomic mass is 10.0. The molecular formula is C13H18BrClN2O.